The van der Waals surface area contributed by atoms with Gasteiger partial charge in [0.2, 0.25) is 0 Å². The summed E-state index contributed by atoms with van der Waals surface area (Å²) in [7, 11) is 0. The molecule has 0 radical (unpaired) electrons. The van der Waals surface area contributed by atoms with Crippen LogP contribution in [0.5, 0.6) is 0 Å². The number of nitrogens with zero attached hydrogens (tertiary/aromatic N) is 1. The molecule has 0 aliphatic carbocycles. The number of hydrogen-bond donors (Lipinski definition) is 1. The molecule has 6 heteroatoms. The summed E-state index contributed by atoms with van der Waals surface area (Å²) < 4.78 is 17.9. The molecule has 0 saturated heterocycles. The normalized spacial score (nSPS) is 11.1. The third kappa shape index (κ3) is 2.45. The zero-order valence-electron chi connectivity index (χ0n) is 9.45. The van der Waals surface area contributed by atoms with E-state index in [4.69, 9.17) is 12.2 Å². The number of halogens is 3. The Bertz CT molecular complexity index is 821. The monoisotopic (exact) mass is 496 g/mol. The number of rotatable bonds is 1. The molecule has 0 unspecified atom stereocenters. The minimum absolute atomic E-state index is 0.235. The molecule has 0 bridgehead atoms. The number of aromatic nitrogens is 2. The van der Waals surface area contributed by atoms with Crippen molar-refractivity contribution in [1.29, 1.82) is 0 Å². The first kappa shape index (κ1) is 13.5. The second-order valence-corrected chi connectivity index (χ2v) is 6.82. The van der Waals surface area contributed by atoms with Gasteiger partial charge in [-0.1, -0.05) is 0 Å². The number of imidazole rings is 1. The van der Waals surface area contributed by atoms with Gasteiger partial charge in [0.25, 0.3) is 0 Å². The Labute approximate surface area is 141 Å². The maximum absolute atomic E-state index is 13.7. The summed E-state index contributed by atoms with van der Waals surface area (Å²) in [5, 5.41) is 0. The van der Waals surface area contributed by atoms with Gasteiger partial charge in [-0.25, -0.2) is 4.39 Å². The van der Waals surface area contributed by atoms with E-state index in [-0.39, 0.29) is 5.82 Å². The predicted octanol–water partition coefficient (Wildman–Crippen LogP) is 5.04. The van der Waals surface area contributed by atoms with Gasteiger partial charge in [0.05, 0.1) is 14.6 Å². The summed E-state index contributed by atoms with van der Waals surface area (Å²) in [5.74, 6) is -0.235. The lowest BCUT2D eigenvalue weighted by Crippen LogP contribution is -1.94. The zero-order chi connectivity index (χ0) is 13.6. The lowest BCUT2D eigenvalue weighted by Gasteiger charge is -2.05. The van der Waals surface area contributed by atoms with Gasteiger partial charge in [0.1, 0.15) is 5.82 Å². The first-order valence-electron chi connectivity index (χ1n) is 5.42. The molecule has 0 spiro atoms. The summed E-state index contributed by atoms with van der Waals surface area (Å²) in [6.45, 7) is 0. The maximum atomic E-state index is 13.7. The molecule has 3 aromatic rings. The third-order valence-corrected chi connectivity index (χ3v) is 4.64. The van der Waals surface area contributed by atoms with Gasteiger partial charge in [-0.05, 0) is 87.7 Å². The fourth-order valence-electron chi connectivity index (χ4n) is 1.95. The number of benzene rings is 2. The van der Waals surface area contributed by atoms with Crippen LogP contribution < -0.4 is 0 Å². The summed E-state index contributed by atoms with van der Waals surface area (Å²) in [6.07, 6.45) is 0. The van der Waals surface area contributed by atoms with E-state index in [1.807, 2.05) is 51.4 Å². The quantitative estimate of drug-likeness (QED) is 0.370. The Morgan fingerprint density at radius 1 is 1.11 bits per heavy atom. The van der Waals surface area contributed by atoms with Crippen molar-refractivity contribution in [3.63, 3.8) is 0 Å². The maximum Gasteiger partial charge on any atom is 0.182 e. The van der Waals surface area contributed by atoms with Crippen LogP contribution >= 0.6 is 57.4 Å². The van der Waals surface area contributed by atoms with E-state index in [9.17, 15) is 4.39 Å². The minimum atomic E-state index is -0.235. The van der Waals surface area contributed by atoms with E-state index in [1.54, 1.807) is 6.07 Å². The van der Waals surface area contributed by atoms with Crippen LogP contribution in [-0.4, -0.2) is 9.55 Å². The van der Waals surface area contributed by atoms with Crippen LogP contribution in [0.4, 0.5) is 4.39 Å². The van der Waals surface area contributed by atoms with Gasteiger partial charge in [0, 0.05) is 15.3 Å². The fraction of sp³-hybridized carbons (Fsp3) is 0. The highest BCUT2D eigenvalue weighted by Gasteiger charge is 2.10. The van der Waals surface area contributed by atoms with Crippen molar-refractivity contribution < 1.29 is 4.39 Å². The lowest BCUT2D eigenvalue weighted by atomic mass is 10.3. The van der Waals surface area contributed by atoms with Crippen molar-refractivity contribution in [2.45, 2.75) is 0 Å². The Morgan fingerprint density at radius 2 is 1.79 bits per heavy atom. The lowest BCUT2D eigenvalue weighted by molar-refractivity contribution is 0.622. The van der Waals surface area contributed by atoms with Crippen molar-refractivity contribution in [3.05, 3.63) is 54.1 Å². The fourth-order valence-corrected chi connectivity index (χ4v) is 3.09. The highest BCUT2D eigenvalue weighted by atomic mass is 127. The number of nitrogens with one attached hydrogen (secondary N) is 1. The summed E-state index contributed by atoms with van der Waals surface area (Å²) in [5.41, 5.74) is 2.52. The van der Waals surface area contributed by atoms with Crippen molar-refractivity contribution in [2.75, 3.05) is 0 Å². The molecule has 0 aliphatic rings. The smallest absolute Gasteiger partial charge is 0.182 e. The van der Waals surface area contributed by atoms with Gasteiger partial charge in [-0.3, -0.25) is 4.57 Å². The van der Waals surface area contributed by atoms with Gasteiger partial charge in [-0.2, -0.15) is 0 Å². The highest BCUT2D eigenvalue weighted by molar-refractivity contribution is 14.1. The number of fused-ring (bicyclic) bond motifs is 1. The van der Waals surface area contributed by atoms with E-state index in [0.29, 0.717) is 8.34 Å². The Balaban J connectivity index is 2.34. The van der Waals surface area contributed by atoms with Crippen LogP contribution in [0.3, 0.4) is 0 Å². The molecule has 2 aromatic carbocycles. The molecule has 96 valence electrons. The minimum Gasteiger partial charge on any atom is -0.330 e. The van der Waals surface area contributed by atoms with Gasteiger partial charge >= 0.3 is 0 Å². The largest absolute Gasteiger partial charge is 0.330 e. The van der Waals surface area contributed by atoms with Crippen LogP contribution in [0.2, 0.25) is 0 Å². The Hall–Kier alpha value is -0.480. The molecule has 19 heavy (non-hydrogen) atoms. The molecule has 0 aliphatic heterocycles. The topological polar surface area (TPSA) is 20.7 Å². The van der Waals surface area contributed by atoms with E-state index in [1.165, 1.54) is 6.07 Å². The molecule has 3 rings (SSSR count). The van der Waals surface area contributed by atoms with Crippen LogP contribution in [0, 0.1) is 17.7 Å². The summed E-state index contributed by atoms with van der Waals surface area (Å²) in [6, 6.07) is 11.2. The average molecular weight is 496 g/mol. The predicted molar refractivity (Wildman–Crippen MR) is 93.9 cm³/mol. The zero-order valence-corrected chi connectivity index (χ0v) is 14.6. The van der Waals surface area contributed by atoms with Crippen molar-refractivity contribution in [3.8, 4) is 5.69 Å². The highest BCUT2D eigenvalue weighted by Crippen LogP contribution is 2.24. The SMILES string of the molecule is Fc1cc2c(cc1I)[nH]c(=S)n2-c1ccc(I)cc1. The molecule has 0 atom stereocenters. The molecule has 1 N–H and O–H groups in total. The van der Waals surface area contributed by atoms with Crippen molar-refractivity contribution in [1.82, 2.24) is 9.55 Å². The van der Waals surface area contributed by atoms with E-state index in [2.05, 4.69) is 27.6 Å². The molecule has 0 amide bonds. The third-order valence-electron chi connectivity index (χ3n) is 2.81. The number of hydrogen-bond acceptors (Lipinski definition) is 1. The van der Waals surface area contributed by atoms with Crippen LogP contribution in [0.15, 0.2) is 36.4 Å². The summed E-state index contributed by atoms with van der Waals surface area (Å²) in [4.78, 5) is 3.11. The van der Waals surface area contributed by atoms with E-state index < -0.39 is 0 Å². The van der Waals surface area contributed by atoms with Gasteiger partial charge in [-0.15, -0.1) is 0 Å². The summed E-state index contributed by atoms with van der Waals surface area (Å²) >= 11 is 9.55. The van der Waals surface area contributed by atoms with Crippen LogP contribution in [0.25, 0.3) is 16.7 Å². The second-order valence-electron chi connectivity index (χ2n) is 4.03. The molecule has 0 fully saturated rings. The van der Waals surface area contributed by atoms with Crippen molar-refractivity contribution >= 4 is 68.4 Å². The Kier molecular flexibility index (Phi) is 3.65. The standard InChI is InChI=1S/C13H7FI2N2S/c14-9-5-12-11(6-10(9)16)17-13(19)18(12)8-3-1-7(15)2-4-8/h1-6H,(H,17,19). The van der Waals surface area contributed by atoms with Crippen molar-refractivity contribution in [2.24, 2.45) is 0 Å². The average Bonchev–Trinajstić information content (AvgIpc) is 2.67. The molecule has 2 nitrogen and oxygen atoms in total. The van der Waals surface area contributed by atoms with E-state index in [0.717, 1.165) is 20.3 Å². The molecular weight excluding hydrogens is 489 g/mol. The van der Waals surface area contributed by atoms with Crippen LogP contribution in [0.1, 0.15) is 0 Å². The first-order chi connectivity index (χ1) is 9.06. The van der Waals surface area contributed by atoms with Gasteiger partial charge in [0.15, 0.2) is 4.77 Å². The van der Waals surface area contributed by atoms with E-state index >= 15 is 0 Å². The number of aromatic amines is 1. The molecular formula is C13H7FI2N2S. The molecule has 1 heterocycles. The first-order valence-corrected chi connectivity index (χ1v) is 7.98. The number of H-pyrrole nitrogens is 1. The second kappa shape index (κ2) is 5.13. The van der Waals surface area contributed by atoms with Crippen LogP contribution in [-0.2, 0) is 0 Å². The van der Waals surface area contributed by atoms with Gasteiger partial charge < -0.3 is 4.98 Å². The Morgan fingerprint density at radius 3 is 2.47 bits per heavy atom. The molecule has 1 aromatic heterocycles. The molecule has 0 saturated carbocycles.